The summed E-state index contributed by atoms with van der Waals surface area (Å²) in [5.41, 5.74) is 0.945. The molecule has 0 N–H and O–H groups in total. The van der Waals surface area contributed by atoms with Gasteiger partial charge < -0.3 is 9.64 Å². The number of esters is 1. The van der Waals surface area contributed by atoms with Gasteiger partial charge in [0.05, 0.1) is 18.3 Å². The molecule has 1 aliphatic carbocycles. The summed E-state index contributed by atoms with van der Waals surface area (Å²) in [6.07, 6.45) is 1.24. The number of carbonyl (C=O) groups excluding carboxylic acids is 2. The monoisotopic (exact) mass is 379 g/mol. The quantitative estimate of drug-likeness (QED) is 0.728. The van der Waals surface area contributed by atoms with Gasteiger partial charge in [0.2, 0.25) is 5.91 Å². The fourth-order valence-corrected chi connectivity index (χ4v) is 5.66. The predicted molar refractivity (Wildman–Crippen MR) is 97.3 cm³/mol. The third-order valence-electron chi connectivity index (χ3n) is 5.53. The van der Waals surface area contributed by atoms with Crippen LogP contribution >= 0.6 is 0 Å². The number of likely N-dealkylation sites (tertiary alicyclic amines) is 1. The van der Waals surface area contributed by atoms with Crippen LogP contribution in [0.25, 0.3) is 0 Å². The first-order valence-electron chi connectivity index (χ1n) is 8.85. The van der Waals surface area contributed by atoms with Gasteiger partial charge in [-0.25, -0.2) is 8.42 Å². The van der Waals surface area contributed by atoms with Crippen molar-refractivity contribution >= 4 is 21.7 Å². The van der Waals surface area contributed by atoms with E-state index in [4.69, 9.17) is 4.74 Å². The van der Waals surface area contributed by atoms with Crippen molar-refractivity contribution in [2.45, 2.75) is 42.6 Å². The van der Waals surface area contributed by atoms with E-state index < -0.39 is 31.7 Å². The van der Waals surface area contributed by atoms with E-state index in [9.17, 15) is 18.0 Å². The molecule has 2 fully saturated rings. The average Bonchev–Trinajstić information content (AvgIpc) is 3.40. The third kappa shape index (κ3) is 3.13. The summed E-state index contributed by atoms with van der Waals surface area (Å²) in [7, 11) is -2.21. The number of rotatable bonds is 5. The Morgan fingerprint density at radius 3 is 2.27 bits per heavy atom. The van der Waals surface area contributed by atoms with Gasteiger partial charge in [0, 0.05) is 19.0 Å². The molecule has 0 aromatic heterocycles. The van der Waals surface area contributed by atoms with Gasteiger partial charge in [-0.15, -0.1) is 0 Å². The van der Waals surface area contributed by atoms with Gasteiger partial charge in [-0.1, -0.05) is 30.3 Å². The van der Waals surface area contributed by atoms with E-state index in [2.05, 4.69) is 0 Å². The lowest BCUT2D eigenvalue weighted by Gasteiger charge is -2.29. The standard InChI is InChI=1S/C19H25NO5S/c1-19(2,26(23,24)14-9-10-14)18(22)20-11-15(13-7-5-4-6-8-13)16(12-20)17(21)25-3/h4-8,14-16H,9-12H2,1-3H3/t15-,16-/m1/s1. The number of ether oxygens (including phenoxy) is 1. The molecule has 7 heteroatoms. The molecule has 1 aromatic carbocycles. The molecule has 3 rings (SSSR count). The van der Waals surface area contributed by atoms with Crippen molar-refractivity contribution in [2.24, 2.45) is 5.92 Å². The number of nitrogens with zero attached hydrogens (tertiary/aromatic N) is 1. The minimum Gasteiger partial charge on any atom is -0.469 e. The molecule has 1 saturated carbocycles. The van der Waals surface area contributed by atoms with Crippen LogP contribution in [-0.4, -0.2) is 55.4 Å². The Balaban J connectivity index is 1.87. The Morgan fingerprint density at radius 1 is 1.12 bits per heavy atom. The molecule has 26 heavy (non-hydrogen) atoms. The molecule has 1 aliphatic heterocycles. The van der Waals surface area contributed by atoms with Gasteiger partial charge in [-0.2, -0.15) is 0 Å². The molecule has 0 spiro atoms. The van der Waals surface area contributed by atoms with Crippen molar-refractivity contribution in [3.05, 3.63) is 35.9 Å². The van der Waals surface area contributed by atoms with Gasteiger partial charge >= 0.3 is 5.97 Å². The van der Waals surface area contributed by atoms with E-state index in [1.54, 1.807) is 0 Å². The zero-order valence-corrected chi connectivity index (χ0v) is 16.2. The first kappa shape index (κ1) is 18.9. The number of benzene rings is 1. The van der Waals surface area contributed by atoms with Crippen LogP contribution in [-0.2, 0) is 24.2 Å². The number of amides is 1. The highest BCUT2D eigenvalue weighted by molar-refractivity contribution is 7.94. The van der Waals surface area contributed by atoms with Gasteiger partial charge in [-0.3, -0.25) is 9.59 Å². The predicted octanol–water partition coefficient (Wildman–Crippen LogP) is 1.76. The molecular formula is C19H25NO5S. The van der Waals surface area contributed by atoms with Crippen molar-refractivity contribution in [3.8, 4) is 0 Å². The van der Waals surface area contributed by atoms with Crippen LogP contribution in [0.5, 0.6) is 0 Å². The summed E-state index contributed by atoms with van der Waals surface area (Å²) < 4.78 is 28.8. The second kappa shape index (κ2) is 6.68. The van der Waals surface area contributed by atoms with E-state index in [1.165, 1.54) is 25.9 Å². The average molecular weight is 379 g/mol. The highest BCUT2D eigenvalue weighted by Crippen LogP contribution is 2.39. The lowest BCUT2D eigenvalue weighted by Crippen LogP contribution is -2.50. The fourth-order valence-electron chi connectivity index (χ4n) is 3.70. The molecule has 1 aromatic rings. The summed E-state index contributed by atoms with van der Waals surface area (Å²) in [4.78, 5) is 26.8. The highest BCUT2D eigenvalue weighted by atomic mass is 32.2. The van der Waals surface area contributed by atoms with E-state index in [0.29, 0.717) is 19.4 Å². The van der Waals surface area contributed by atoms with Crippen LogP contribution in [0.1, 0.15) is 38.2 Å². The normalized spacial score (nSPS) is 23.7. The van der Waals surface area contributed by atoms with Crippen LogP contribution < -0.4 is 0 Å². The van der Waals surface area contributed by atoms with Crippen LogP contribution in [0.3, 0.4) is 0 Å². The molecule has 1 amide bonds. The number of hydrogen-bond acceptors (Lipinski definition) is 5. The maximum absolute atomic E-state index is 13.1. The molecule has 1 saturated heterocycles. The van der Waals surface area contributed by atoms with Crippen LogP contribution in [0.15, 0.2) is 30.3 Å². The van der Waals surface area contributed by atoms with Crippen molar-refractivity contribution in [1.82, 2.24) is 4.90 Å². The maximum Gasteiger partial charge on any atom is 0.311 e. The van der Waals surface area contributed by atoms with Crippen molar-refractivity contribution < 1.29 is 22.7 Å². The minimum atomic E-state index is -3.53. The van der Waals surface area contributed by atoms with Gasteiger partial charge in [0.25, 0.3) is 0 Å². The molecular weight excluding hydrogens is 354 g/mol. The summed E-state index contributed by atoms with van der Waals surface area (Å²) in [6.45, 7) is 3.44. The second-order valence-electron chi connectivity index (χ2n) is 7.61. The van der Waals surface area contributed by atoms with Crippen molar-refractivity contribution in [2.75, 3.05) is 20.2 Å². The zero-order chi connectivity index (χ0) is 19.1. The Bertz CT molecular complexity index is 798. The minimum absolute atomic E-state index is 0.175. The van der Waals surface area contributed by atoms with E-state index >= 15 is 0 Å². The van der Waals surface area contributed by atoms with Crippen molar-refractivity contribution in [3.63, 3.8) is 0 Å². The largest absolute Gasteiger partial charge is 0.469 e. The molecule has 2 aliphatic rings. The van der Waals surface area contributed by atoms with E-state index in [-0.39, 0.29) is 18.4 Å². The molecule has 0 bridgehead atoms. The first-order valence-corrected chi connectivity index (χ1v) is 10.4. The molecule has 6 nitrogen and oxygen atoms in total. The lowest BCUT2D eigenvalue weighted by atomic mass is 9.89. The van der Waals surface area contributed by atoms with Gasteiger partial charge in [0.15, 0.2) is 9.84 Å². The Labute approximate surface area is 154 Å². The molecule has 0 unspecified atom stereocenters. The maximum atomic E-state index is 13.1. The molecule has 2 atom stereocenters. The van der Waals surface area contributed by atoms with Crippen LogP contribution in [0, 0.1) is 5.92 Å². The fraction of sp³-hybridized carbons (Fsp3) is 0.579. The van der Waals surface area contributed by atoms with Crippen LogP contribution in [0.2, 0.25) is 0 Å². The molecule has 142 valence electrons. The second-order valence-corrected chi connectivity index (χ2v) is 10.4. The summed E-state index contributed by atoms with van der Waals surface area (Å²) in [5.74, 6) is -1.51. The van der Waals surface area contributed by atoms with E-state index in [0.717, 1.165) is 5.56 Å². The van der Waals surface area contributed by atoms with Crippen LogP contribution in [0.4, 0.5) is 0 Å². The summed E-state index contributed by atoms with van der Waals surface area (Å²) >= 11 is 0. The molecule has 0 radical (unpaired) electrons. The lowest BCUT2D eigenvalue weighted by molar-refractivity contribution is -0.145. The third-order valence-corrected chi connectivity index (χ3v) is 8.47. The zero-order valence-electron chi connectivity index (χ0n) is 15.3. The van der Waals surface area contributed by atoms with Crippen molar-refractivity contribution in [1.29, 1.82) is 0 Å². The number of hydrogen-bond donors (Lipinski definition) is 0. The Hall–Kier alpha value is -1.89. The van der Waals surface area contributed by atoms with Gasteiger partial charge in [-0.05, 0) is 32.3 Å². The Kier molecular flexibility index (Phi) is 4.86. The van der Waals surface area contributed by atoms with E-state index in [1.807, 2.05) is 30.3 Å². The summed E-state index contributed by atoms with van der Waals surface area (Å²) in [5, 5.41) is -0.412. The Morgan fingerprint density at radius 2 is 1.73 bits per heavy atom. The number of carbonyl (C=O) groups is 2. The molecule has 1 heterocycles. The highest BCUT2D eigenvalue weighted by Gasteiger charge is 2.53. The number of sulfone groups is 1. The SMILES string of the molecule is COC(=O)[C@@H]1CN(C(=O)C(C)(C)S(=O)(=O)C2CC2)C[C@@H]1c1ccccc1. The van der Waals surface area contributed by atoms with Gasteiger partial charge in [0.1, 0.15) is 4.75 Å². The first-order chi connectivity index (χ1) is 12.2. The topological polar surface area (TPSA) is 80.8 Å². The summed E-state index contributed by atoms with van der Waals surface area (Å²) in [6, 6.07) is 9.49. The smallest absolute Gasteiger partial charge is 0.311 e. The number of methoxy groups -OCH3 is 1.